The number of hydrogen-bond donors (Lipinski definition) is 1. The number of nitrogens with one attached hydrogen (secondary N) is 1. The van der Waals surface area contributed by atoms with Crippen molar-refractivity contribution in [3.8, 4) is 5.75 Å². The van der Waals surface area contributed by atoms with Crippen LogP contribution < -0.4 is 10.1 Å². The van der Waals surface area contributed by atoms with Gasteiger partial charge in [0.05, 0.1) is 6.61 Å². The lowest BCUT2D eigenvalue weighted by atomic mass is 10.1. The Balaban J connectivity index is 1.67. The second kappa shape index (κ2) is 6.79. The Morgan fingerprint density at radius 2 is 2.00 bits per heavy atom. The van der Waals surface area contributed by atoms with E-state index < -0.39 is 0 Å². The molecule has 0 radical (unpaired) electrons. The summed E-state index contributed by atoms with van der Waals surface area (Å²) >= 11 is 0. The lowest BCUT2D eigenvalue weighted by molar-refractivity contribution is 0.255. The van der Waals surface area contributed by atoms with Crippen LogP contribution in [0.15, 0.2) is 24.3 Å². The normalized spacial score (nSPS) is 16.6. The minimum Gasteiger partial charge on any atom is -0.493 e. The van der Waals surface area contributed by atoms with Crippen molar-refractivity contribution in [2.75, 3.05) is 13.2 Å². The molecule has 2 rings (SSSR count). The van der Waals surface area contributed by atoms with E-state index in [0.29, 0.717) is 5.92 Å². The zero-order chi connectivity index (χ0) is 12.8. The van der Waals surface area contributed by atoms with E-state index in [4.69, 9.17) is 4.74 Å². The molecule has 0 bridgehead atoms. The van der Waals surface area contributed by atoms with Gasteiger partial charge in [-0.1, -0.05) is 32.4 Å². The van der Waals surface area contributed by atoms with Crippen molar-refractivity contribution in [2.45, 2.75) is 45.6 Å². The average Bonchev–Trinajstić information content (AvgIpc) is 3.20. The Morgan fingerprint density at radius 3 is 2.61 bits per heavy atom. The fourth-order valence-corrected chi connectivity index (χ4v) is 1.99. The van der Waals surface area contributed by atoms with E-state index in [2.05, 4.69) is 43.4 Å². The number of hydrogen-bond acceptors (Lipinski definition) is 2. The molecule has 100 valence electrons. The van der Waals surface area contributed by atoms with Gasteiger partial charge in [0.25, 0.3) is 0 Å². The van der Waals surface area contributed by atoms with Crippen molar-refractivity contribution < 1.29 is 4.74 Å². The van der Waals surface area contributed by atoms with E-state index in [-0.39, 0.29) is 0 Å². The Bertz CT molecular complexity index is 343. The molecule has 1 unspecified atom stereocenters. The molecule has 1 aliphatic rings. The predicted octanol–water partition coefficient (Wildman–Crippen LogP) is 3.41. The zero-order valence-electron chi connectivity index (χ0n) is 11.6. The van der Waals surface area contributed by atoms with Gasteiger partial charge in [0.15, 0.2) is 0 Å². The smallest absolute Gasteiger partial charge is 0.119 e. The van der Waals surface area contributed by atoms with Crippen molar-refractivity contribution >= 4 is 0 Å². The first kappa shape index (κ1) is 13.4. The molecule has 1 atom stereocenters. The minimum absolute atomic E-state index is 0.570. The van der Waals surface area contributed by atoms with Crippen LogP contribution in [0.3, 0.4) is 0 Å². The third-order valence-corrected chi connectivity index (χ3v) is 3.33. The van der Waals surface area contributed by atoms with Crippen LogP contribution in [-0.4, -0.2) is 19.2 Å². The fraction of sp³-hybridized carbons (Fsp3) is 0.625. The van der Waals surface area contributed by atoms with E-state index >= 15 is 0 Å². The van der Waals surface area contributed by atoms with Gasteiger partial charge in [-0.2, -0.15) is 0 Å². The summed E-state index contributed by atoms with van der Waals surface area (Å²) in [4.78, 5) is 0. The van der Waals surface area contributed by atoms with Gasteiger partial charge in [-0.25, -0.2) is 0 Å². The topological polar surface area (TPSA) is 21.3 Å². The molecule has 1 saturated carbocycles. The molecule has 0 spiro atoms. The van der Waals surface area contributed by atoms with Crippen LogP contribution in [0.25, 0.3) is 0 Å². The highest BCUT2D eigenvalue weighted by Crippen LogP contribution is 2.19. The second-order valence-corrected chi connectivity index (χ2v) is 5.49. The lowest BCUT2D eigenvalue weighted by Gasteiger charge is -2.14. The van der Waals surface area contributed by atoms with Gasteiger partial charge in [-0.05, 0) is 37.0 Å². The van der Waals surface area contributed by atoms with Crippen molar-refractivity contribution in [2.24, 2.45) is 5.92 Å². The van der Waals surface area contributed by atoms with Gasteiger partial charge in [-0.15, -0.1) is 0 Å². The first-order chi connectivity index (χ1) is 8.78. The van der Waals surface area contributed by atoms with E-state index in [1.165, 1.54) is 24.8 Å². The summed E-state index contributed by atoms with van der Waals surface area (Å²) in [6.45, 7) is 6.31. The maximum Gasteiger partial charge on any atom is 0.119 e. The van der Waals surface area contributed by atoms with Gasteiger partial charge in [0.1, 0.15) is 5.75 Å². The molecular formula is C16H25NO. The molecule has 1 N–H and O–H groups in total. The summed E-state index contributed by atoms with van der Waals surface area (Å²) in [5.41, 5.74) is 1.40. The zero-order valence-corrected chi connectivity index (χ0v) is 11.6. The SMILES string of the molecule is CCCc1ccc(OCC(C)CNC2CC2)cc1. The van der Waals surface area contributed by atoms with Gasteiger partial charge in [0, 0.05) is 18.5 Å². The van der Waals surface area contributed by atoms with E-state index in [1.807, 2.05) is 0 Å². The molecule has 1 fully saturated rings. The van der Waals surface area contributed by atoms with Crippen LogP contribution in [0.5, 0.6) is 5.75 Å². The van der Waals surface area contributed by atoms with Crippen LogP contribution in [0.1, 0.15) is 38.7 Å². The molecule has 0 aromatic heterocycles. The van der Waals surface area contributed by atoms with E-state index in [0.717, 1.165) is 31.4 Å². The van der Waals surface area contributed by atoms with Gasteiger partial charge in [-0.3, -0.25) is 0 Å². The Hall–Kier alpha value is -1.02. The second-order valence-electron chi connectivity index (χ2n) is 5.49. The van der Waals surface area contributed by atoms with Gasteiger partial charge < -0.3 is 10.1 Å². The average molecular weight is 247 g/mol. The molecule has 1 aromatic carbocycles. The number of rotatable bonds is 8. The molecule has 2 heteroatoms. The Morgan fingerprint density at radius 1 is 1.28 bits per heavy atom. The van der Waals surface area contributed by atoms with Crippen molar-refractivity contribution in [1.29, 1.82) is 0 Å². The standard InChI is InChI=1S/C16H25NO/c1-3-4-14-5-9-16(10-6-14)18-12-13(2)11-17-15-7-8-15/h5-6,9-10,13,15,17H,3-4,7-8,11-12H2,1-2H3. The predicted molar refractivity (Wildman–Crippen MR) is 76.1 cm³/mol. The third-order valence-electron chi connectivity index (χ3n) is 3.33. The molecule has 18 heavy (non-hydrogen) atoms. The lowest BCUT2D eigenvalue weighted by Crippen LogP contribution is -2.26. The van der Waals surface area contributed by atoms with Crippen LogP contribution in [0.4, 0.5) is 0 Å². The van der Waals surface area contributed by atoms with Crippen LogP contribution in [0, 0.1) is 5.92 Å². The Kier molecular flexibility index (Phi) is 5.06. The molecule has 0 amide bonds. The fourth-order valence-electron chi connectivity index (χ4n) is 1.99. The van der Waals surface area contributed by atoms with E-state index in [9.17, 15) is 0 Å². The first-order valence-corrected chi connectivity index (χ1v) is 7.23. The number of benzene rings is 1. The summed E-state index contributed by atoms with van der Waals surface area (Å²) in [5.74, 6) is 1.56. The van der Waals surface area contributed by atoms with Crippen molar-refractivity contribution in [3.63, 3.8) is 0 Å². The molecule has 0 aliphatic heterocycles. The largest absolute Gasteiger partial charge is 0.493 e. The minimum atomic E-state index is 0.570. The highest BCUT2D eigenvalue weighted by Gasteiger charge is 2.20. The molecule has 1 aliphatic carbocycles. The van der Waals surface area contributed by atoms with E-state index in [1.54, 1.807) is 0 Å². The maximum absolute atomic E-state index is 5.81. The third kappa shape index (κ3) is 4.69. The quantitative estimate of drug-likeness (QED) is 0.760. The highest BCUT2D eigenvalue weighted by atomic mass is 16.5. The van der Waals surface area contributed by atoms with Crippen LogP contribution in [0.2, 0.25) is 0 Å². The molecular weight excluding hydrogens is 222 g/mol. The van der Waals surface area contributed by atoms with Gasteiger partial charge >= 0.3 is 0 Å². The van der Waals surface area contributed by atoms with Crippen molar-refractivity contribution in [1.82, 2.24) is 5.32 Å². The molecule has 0 saturated heterocycles. The monoisotopic (exact) mass is 247 g/mol. The molecule has 0 heterocycles. The number of aryl methyl sites for hydroxylation is 1. The summed E-state index contributed by atoms with van der Waals surface area (Å²) in [7, 11) is 0. The van der Waals surface area contributed by atoms with Crippen LogP contribution in [-0.2, 0) is 6.42 Å². The Labute approximate surface area is 111 Å². The maximum atomic E-state index is 5.81. The summed E-state index contributed by atoms with van der Waals surface area (Å²) in [6, 6.07) is 9.32. The summed E-state index contributed by atoms with van der Waals surface area (Å²) < 4.78 is 5.81. The van der Waals surface area contributed by atoms with Gasteiger partial charge in [0.2, 0.25) is 0 Å². The summed E-state index contributed by atoms with van der Waals surface area (Å²) in [5, 5.41) is 3.54. The van der Waals surface area contributed by atoms with Crippen LogP contribution >= 0.6 is 0 Å². The molecule has 2 nitrogen and oxygen atoms in total. The van der Waals surface area contributed by atoms with Crippen molar-refractivity contribution in [3.05, 3.63) is 29.8 Å². The number of ether oxygens (including phenoxy) is 1. The summed E-state index contributed by atoms with van der Waals surface area (Å²) in [6.07, 6.45) is 5.06. The highest BCUT2D eigenvalue weighted by molar-refractivity contribution is 5.27. The first-order valence-electron chi connectivity index (χ1n) is 7.23. The molecule has 1 aromatic rings.